The van der Waals surface area contributed by atoms with Crippen molar-refractivity contribution in [1.29, 1.82) is 0 Å². The lowest BCUT2D eigenvalue weighted by molar-refractivity contribution is -0.145. The maximum atomic E-state index is 11.8. The topological polar surface area (TPSA) is 55.8 Å². The van der Waals surface area contributed by atoms with Crippen LogP contribution in [0.3, 0.4) is 0 Å². The third-order valence-electron chi connectivity index (χ3n) is 2.95. The molecule has 0 unspecified atom stereocenters. The first-order valence-electron chi connectivity index (χ1n) is 6.44. The van der Waals surface area contributed by atoms with E-state index in [1.165, 1.54) is 11.3 Å². The predicted molar refractivity (Wildman–Crippen MR) is 90.4 cm³/mol. The van der Waals surface area contributed by atoms with Crippen molar-refractivity contribution in [1.82, 2.24) is 4.90 Å². The molecule has 3 heterocycles. The van der Waals surface area contributed by atoms with E-state index in [1.807, 2.05) is 24.3 Å². The van der Waals surface area contributed by atoms with Crippen LogP contribution in [0.1, 0.15) is 0 Å². The van der Waals surface area contributed by atoms with Crippen LogP contribution >= 0.6 is 38.6 Å². The summed E-state index contributed by atoms with van der Waals surface area (Å²) in [5.41, 5.74) is 0. The maximum Gasteiger partial charge on any atom is 0.647 e. The molecule has 0 amide bonds. The minimum Gasteiger partial charge on any atom is -0.494 e. The molecule has 1 aliphatic heterocycles. The fourth-order valence-corrected chi connectivity index (χ4v) is 4.45. The lowest BCUT2D eigenvalue weighted by Crippen LogP contribution is -2.47. The van der Waals surface area contributed by atoms with Gasteiger partial charge in [-0.3, -0.25) is 14.5 Å². The van der Waals surface area contributed by atoms with Crippen molar-refractivity contribution in [2.75, 3.05) is 20.1 Å². The summed E-state index contributed by atoms with van der Waals surface area (Å²) in [4.78, 5) is 27.2. The number of carbonyl (C=O) groups excluding carboxylic acids is 2. The summed E-state index contributed by atoms with van der Waals surface area (Å²) in [7, 11) is 0.705. The lowest BCUT2D eigenvalue weighted by Gasteiger charge is -2.21. The highest BCUT2D eigenvalue weighted by atomic mass is 79.9. The molecular weight excluding hydrogens is 389 g/mol. The van der Waals surface area contributed by atoms with E-state index in [4.69, 9.17) is 9.31 Å². The van der Waals surface area contributed by atoms with E-state index in [2.05, 4.69) is 15.9 Å². The van der Waals surface area contributed by atoms with Gasteiger partial charge in [0.05, 0.1) is 21.7 Å². The number of hydrogen-bond donors (Lipinski definition) is 0. The third kappa shape index (κ3) is 3.60. The average Bonchev–Trinajstić information content (AvgIpc) is 3.04. The van der Waals surface area contributed by atoms with Crippen molar-refractivity contribution in [2.45, 2.75) is 0 Å². The van der Waals surface area contributed by atoms with E-state index in [9.17, 15) is 9.59 Å². The molecule has 3 rings (SSSR count). The largest absolute Gasteiger partial charge is 0.647 e. The van der Waals surface area contributed by atoms with Crippen LogP contribution in [0, 0.1) is 0 Å². The van der Waals surface area contributed by atoms with E-state index in [1.54, 1.807) is 23.3 Å². The van der Waals surface area contributed by atoms with Crippen LogP contribution in [0.25, 0.3) is 9.75 Å². The van der Waals surface area contributed by atoms with Gasteiger partial charge in [-0.1, -0.05) is 0 Å². The Labute approximate surface area is 144 Å². The molecule has 0 saturated carbocycles. The average molecular weight is 400 g/mol. The highest BCUT2D eigenvalue weighted by molar-refractivity contribution is 9.11. The van der Waals surface area contributed by atoms with Gasteiger partial charge in [0.25, 0.3) is 0 Å². The number of halogens is 1. The van der Waals surface area contributed by atoms with Gasteiger partial charge in [-0.25, -0.2) is 0 Å². The monoisotopic (exact) mass is 399 g/mol. The molecule has 0 N–H and O–H groups in total. The fourth-order valence-electron chi connectivity index (χ4n) is 2.01. The molecule has 0 atom stereocenters. The minimum atomic E-state index is -0.962. The zero-order valence-electron chi connectivity index (χ0n) is 11.6. The van der Waals surface area contributed by atoms with Crippen molar-refractivity contribution >= 4 is 62.4 Å². The molecule has 22 heavy (non-hydrogen) atoms. The molecule has 0 spiro atoms. The van der Waals surface area contributed by atoms with Crippen LogP contribution in [0.5, 0.6) is 0 Å². The van der Waals surface area contributed by atoms with Gasteiger partial charge in [0.2, 0.25) is 0 Å². The zero-order valence-corrected chi connectivity index (χ0v) is 14.8. The van der Waals surface area contributed by atoms with Crippen LogP contribution < -0.4 is 4.78 Å². The normalized spacial score (nSPS) is 16.9. The first-order chi connectivity index (χ1) is 10.5. The van der Waals surface area contributed by atoms with Gasteiger partial charge in [0, 0.05) is 9.75 Å². The number of likely N-dealkylation sites (N-methyl/N-ethyl adjacent to an activating group) is 1. The minimum absolute atomic E-state index is 0.0711. The second-order valence-electron chi connectivity index (χ2n) is 4.79. The molecule has 1 saturated heterocycles. The van der Waals surface area contributed by atoms with E-state index in [0.29, 0.717) is 4.78 Å². The van der Waals surface area contributed by atoms with Gasteiger partial charge >= 0.3 is 19.1 Å². The van der Waals surface area contributed by atoms with Crippen LogP contribution in [0.15, 0.2) is 28.1 Å². The Morgan fingerprint density at radius 1 is 1.05 bits per heavy atom. The van der Waals surface area contributed by atoms with Gasteiger partial charge in [0.15, 0.2) is 0 Å². The smallest absolute Gasteiger partial charge is 0.494 e. The highest BCUT2D eigenvalue weighted by Crippen LogP contribution is 2.33. The van der Waals surface area contributed by atoms with Crippen LogP contribution in [-0.2, 0) is 18.9 Å². The Morgan fingerprint density at radius 3 is 2.23 bits per heavy atom. The third-order valence-corrected chi connectivity index (χ3v) is 5.88. The molecular formula is C13H11BBrNO4S2. The van der Waals surface area contributed by atoms with Gasteiger partial charge in [0.1, 0.15) is 0 Å². The van der Waals surface area contributed by atoms with E-state index in [0.717, 1.165) is 13.5 Å². The standard InChI is InChI=1S/C13H11BBrNO4S2/c1-16-6-12(17)19-14(20-13(18)7-16)10-4-2-8(21-10)9-3-5-11(15)22-9/h2-5H,6-7H2,1H3. The molecule has 1 fully saturated rings. The van der Waals surface area contributed by atoms with E-state index in [-0.39, 0.29) is 13.1 Å². The second-order valence-corrected chi connectivity index (χ2v) is 8.37. The second kappa shape index (κ2) is 6.53. The van der Waals surface area contributed by atoms with Gasteiger partial charge in [-0.2, -0.15) is 0 Å². The van der Waals surface area contributed by atoms with Crippen molar-refractivity contribution in [3.63, 3.8) is 0 Å². The first kappa shape index (κ1) is 15.7. The first-order valence-corrected chi connectivity index (χ1v) is 8.87. The maximum absolute atomic E-state index is 11.8. The quantitative estimate of drug-likeness (QED) is 0.722. The van der Waals surface area contributed by atoms with Crippen LogP contribution in [-0.4, -0.2) is 44.1 Å². The Morgan fingerprint density at radius 2 is 1.64 bits per heavy atom. The molecule has 9 heteroatoms. The lowest BCUT2D eigenvalue weighted by atomic mass is 9.87. The summed E-state index contributed by atoms with van der Waals surface area (Å²) in [5.74, 6) is -0.817. The summed E-state index contributed by atoms with van der Waals surface area (Å²) in [5, 5.41) is 0. The van der Waals surface area contributed by atoms with Crippen LogP contribution in [0.2, 0.25) is 0 Å². The molecule has 114 valence electrons. The SMILES string of the molecule is CN1CC(=O)OB(c2ccc(-c3ccc(Br)s3)s2)OC(=O)C1. The highest BCUT2D eigenvalue weighted by Gasteiger charge is 2.35. The van der Waals surface area contributed by atoms with Gasteiger partial charge in [-0.05, 0) is 47.2 Å². The molecule has 0 aromatic carbocycles. The van der Waals surface area contributed by atoms with Gasteiger partial charge in [-0.15, -0.1) is 22.7 Å². The Bertz CT molecular complexity index is 696. The van der Waals surface area contributed by atoms with Crippen molar-refractivity contribution in [3.05, 3.63) is 28.1 Å². The van der Waals surface area contributed by atoms with Crippen molar-refractivity contribution < 1.29 is 18.9 Å². The summed E-state index contributed by atoms with van der Waals surface area (Å²) in [6.07, 6.45) is 0. The Kier molecular flexibility index (Phi) is 4.67. The number of hydrogen-bond acceptors (Lipinski definition) is 7. The number of rotatable bonds is 2. The summed E-state index contributed by atoms with van der Waals surface area (Å²) < 4.78 is 12.3. The molecule has 1 aliphatic rings. The zero-order chi connectivity index (χ0) is 15.7. The van der Waals surface area contributed by atoms with Crippen LogP contribution in [0.4, 0.5) is 0 Å². The Balaban J connectivity index is 1.82. The fraction of sp³-hybridized carbons (Fsp3) is 0.231. The number of nitrogens with zero attached hydrogens (tertiary/aromatic N) is 1. The molecule has 5 nitrogen and oxygen atoms in total. The van der Waals surface area contributed by atoms with E-state index >= 15 is 0 Å². The summed E-state index contributed by atoms with van der Waals surface area (Å²) in [6.45, 7) is 0.142. The predicted octanol–water partition coefficient (Wildman–Crippen LogP) is 1.97. The molecule has 0 aliphatic carbocycles. The van der Waals surface area contributed by atoms with Crippen molar-refractivity contribution in [2.24, 2.45) is 0 Å². The summed E-state index contributed by atoms with van der Waals surface area (Å²) in [6, 6.07) is 7.75. The number of carbonyl (C=O) groups is 2. The molecule has 2 aromatic heterocycles. The molecule has 0 radical (unpaired) electrons. The van der Waals surface area contributed by atoms with E-state index < -0.39 is 19.1 Å². The Hall–Kier alpha value is -1.16. The van der Waals surface area contributed by atoms with Crippen molar-refractivity contribution in [3.8, 4) is 9.75 Å². The van der Waals surface area contributed by atoms with Gasteiger partial charge < -0.3 is 9.31 Å². The summed E-state index contributed by atoms with van der Waals surface area (Å²) >= 11 is 6.50. The molecule has 2 aromatic rings. The molecule has 0 bridgehead atoms. The number of thiophene rings is 2.